The van der Waals surface area contributed by atoms with Crippen LogP contribution in [0, 0.1) is 0 Å². The normalized spacial score (nSPS) is 12.1. The van der Waals surface area contributed by atoms with E-state index in [1.54, 1.807) is 11.8 Å². The highest BCUT2D eigenvalue weighted by Crippen LogP contribution is 2.33. The van der Waals surface area contributed by atoms with Crippen LogP contribution in [0.15, 0.2) is 17.0 Å². The van der Waals surface area contributed by atoms with Crippen LogP contribution in [0.1, 0.15) is 0 Å². The second-order valence-electron chi connectivity index (χ2n) is 3.63. The lowest BCUT2D eigenvalue weighted by molar-refractivity contribution is 0.489. The highest BCUT2D eigenvalue weighted by molar-refractivity contribution is 7.98. The molecule has 0 aliphatic carbocycles. The fourth-order valence-corrected chi connectivity index (χ4v) is 4.24. The van der Waals surface area contributed by atoms with Crippen molar-refractivity contribution in [1.82, 2.24) is 4.31 Å². The van der Waals surface area contributed by atoms with E-state index in [-0.39, 0.29) is 14.9 Å². The van der Waals surface area contributed by atoms with Gasteiger partial charge >= 0.3 is 0 Å². The zero-order valence-electron chi connectivity index (χ0n) is 9.98. The Morgan fingerprint density at radius 3 is 2.28 bits per heavy atom. The van der Waals surface area contributed by atoms with Crippen molar-refractivity contribution in [1.29, 1.82) is 0 Å². The number of rotatable bonds is 5. The van der Waals surface area contributed by atoms with Crippen molar-refractivity contribution in [3.8, 4) is 0 Å². The number of nitrogen functional groups attached to an aromatic ring is 1. The van der Waals surface area contributed by atoms with Crippen LogP contribution in [0.3, 0.4) is 0 Å². The van der Waals surface area contributed by atoms with Crippen LogP contribution in [-0.4, -0.2) is 38.3 Å². The molecule has 0 aliphatic heterocycles. The van der Waals surface area contributed by atoms with Gasteiger partial charge in [-0.3, -0.25) is 0 Å². The van der Waals surface area contributed by atoms with Crippen molar-refractivity contribution >= 4 is 50.7 Å². The van der Waals surface area contributed by atoms with Crippen molar-refractivity contribution in [3.63, 3.8) is 0 Å². The van der Waals surface area contributed by atoms with Crippen molar-refractivity contribution in [3.05, 3.63) is 22.2 Å². The molecule has 0 unspecified atom stereocenters. The monoisotopic (exact) mass is 328 g/mol. The summed E-state index contributed by atoms with van der Waals surface area (Å²) in [5.41, 5.74) is 5.88. The van der Waals surface area contributed by atoms with E-state index in [9.17, 15) is 8.42 Å². The van der Waals surface area contributed by atoms with Gasteiger partial charge in [0.15, 0.2) is 0 Å². The molecular formula is C10H14Cl2N2O2S2. The third-order valence-corrected chi connectivity index (χ3v) is 5.67. The molecule has 0 fully saturated rings. The molecule has 1 aromatic carbocycles. The van der Waals surface area contributed by atoms with Crippen LogP contribution < -0.4 is 5.73 Å². The van der Waals surface area contributed by atoms with Gasteiger partial charge in [0.05, 0.1) is 10.0 Å². The highest BCUT2D eigenvalue weighted by atomic mass is 35.5. The Morgan fingerprint density at radius 2 is 1.83 bits per heavy atom. The molecule has 18 heavy (non-hydrogen) atoms. The second-order valence-corrected chi connectivity index (χ2v) is 7.41. The number of nitrogens with zero attached hydrogens (tertiary/aromatic N) is 1. The Kier molecular flexibility index (Phi) is 5.61. The summed E-state index contributed by atoms with van der Waals surface area (Å²) in [6.45, 7) is 0.389. The summed E-state index contributed by atoms with van der Waals surface area (Å²) < 4.78 is 25.8. The van der Waals surface area contributed by atoms with E-state index < -0.39 is 10.0 Å². The quantitative estimate of drug-likeness (QED) is 0.844. The largest absolute Gasteiger partial charge is 0.399 e. The van der Waals surface area contributed by atoms with Crippen LogP contribution in [-0.2, 0) is 10.0 Å². The topological polar surface area (TPSA) is 63.4 Å². The number of hydrogen-bond donors (Lipinski definition) is 1. The minimum atomic E-state index is -3.69. The lowest BCUT2D eigenvalue weighted by Gasteiger charge is -2.18. The maximum absolute atomic E-state index is 12.3. The SMILES string of the molecule is CSCCN(C)S(=O)(=O)c1c(Cl)cc(N)cc1Cl. The molecule has 1 aromatic rings. The van der Waals surface area contributed by atoms with Gasteiger partial charge in [0.25, 0.3) is 0 Å². The number of thioether (sulfide) groups is 1. The van der Waals surface area contributed by atoms with Crippen molar-refractivity contribution in [2.75, 3.05) is 31.3 Å². The summed E-state index contributed by atoms with van der Waals surface area (Å²) in [5, 5.41) is 0.0759. The van der Waals surface area contributed by atoms with Crippen LogP contribution in [0.25, 0.3) is 0 Å². The van der Waals surface area contributed by atoms with E-state index in [4.69, 9.17) is 28.9 Å². The van der Waals surface area contributed by atoms with Crippen molar-refractivity contribution < 1.29 is 8.42 Å². The molecule has 0 saturated heterocycles. The lowest BCUT2D eigenvalue weighted by Crippen LogP contribution is -2.29. The van der Waals surface area contributed by atoms with Crippen molar-refractivity contribution in [2.45, 2.75) is 4.90 Å². The van der Waals surface area contributed by atoms with Gasteiger partial charge in [-0.2, -0.15) is 11.8 Å². The molecule has 0 saturated carbocycles. The molecule has 0 aliphatic rings. The van der Waals surface area contributed by atoms with E-state index >= 15 is 0 Å². The maximum atomic E-state index is 12.3. The first-order chi connectivity index (χ1) is 8.30. The third-order valence-electron chi connectivity index (χ3n) is 2.30. The van der Waals surface area contributed by atoms with Gasteiger partial charge in [-0.1, -0.05) is 23.2 Å². The van der Waals surface area contributed by atoms with Crippen LogP contribution in [0.2, 0.25) is 10.0 Å². The Bertz CT molecular complexity index is 512. The minimum absolute atomic E-state index is 0.0380. The van der Waals surface area contributed by atoms with E-state index in [0.29, 0.717) is 18.0 Å². The molecule has 0 amide bonds. The zero-order valence-corrected chi connectivity index (χ0v) is 13.1. The summed E-state index contributed by atoms with van der Waals surface area (Å²) in [7, 11) is -2.19. The lowest BCUT2D eigenvalue weighted by atomic mass is 10.3. The van der Waals surface area contributed by atoms with Gasteiger partial charge in [-0.15, -0.1) is 0 Å². The maximum Gasteiger partial charge on any atom is 0.245 e. The molecule has 0 radical (unpaired) electrons. The summed E-state index contributed by atoms with van der Waals surface area (Å²) in [6.07, 6.45) is 1.91. The predicted molar refractivity (Wildman–Crippen MR) is 79.1 cm³/mol. The van der Waals surface area contributed by atoms with E-state index in [2.05, 4.69) is 0 Å². The first kappa shape index (κ1) is 15.9. The molecule has 0 atom stereocenters. The second kappa shape index (κ2) is 6.34. The molecule has 0 heterocycles. The Morgan fingerprint density at radius 1 is 1.33 bits per heavy atom. The van der Waals surface area contributed by atoms with Crippen LogP contribution >= 0.6 is 35.0 Å². The van der Waals surface area contributed by atoms with E-state index in [1.165, 1.54) is 23.5 Å². The van der Waals surface area contributed by atoms with Gasteiger partial charge in [-0.25, -0.2) is 12.7 Å². The number of anilines is 1. The molecule has 102 valence electrons. The Labute approximate surface area is 121 Å². The molecular weight excluding hydrogens is 315 g/mol. The molecule has 2 N–H and O–H groups in total. The molecule has 4 nitrogen and oxygen atoms in total. The number of hydrogen-bond acceptors (Lipinski definition) is 4. The summed E-state index contributed by atoms with van der Waals surface area (Å²) in [6, 6.07) is 2.76. The fourth-order valence-electron chi connectivity index (χ4n) is 1.32. The van der Waals surface area contributed by atoms with Gasteiger partial charge in [0.2, 0.25) is 10.0 Å². The molecule has 1 rings (SSSR count). The average molecular weight is 329 g/mol. The number of sulfonamides is 1. The number of benzene rings is 1. The van der Waals surface area contributed by atoms with Crippen molar-refractivity contribution in [2.24, 2.45) is 0 Å². The summed E-state index contributed by atoms with van der Waals surface area (Å²) in [4.78, 5) is -0.0939. The molecule has 0 aromatic heterocycles. The van der Waals surface area contributed by atoms with E-state index in [1.807, 2.05) is 6.26 Å². The highest BCUT2D eigenvalue weighted by Gasteiger charge is 2.26. The van der Waals surface area contributed by atoms with Crippen LogP contribution in [0.5, 0.6) is 0 Å². The van der Waals surface area contributed by atoms with Gasteiger partial charge in [0.1, 0.15) is 4.90 Å². The minimum Gasteiger partial charge on any atom is -0.399 e. The molecule has 8 heteroatoms. The Balaban J connectivity index is 3.20. The Hall–Kier alpha value is -0.140. The first-order valence-corrected chi connectivity index (χ1v) is 8.59. The number of halogens is 2. The summed E-state index contributed by atoms with van der Waals surface area (Å²) >= 11 is 13.4. The van der Waals surface area contributed by atoms with Crippen LogP contribution in [0.4, 0.5) is 5.69 Å². The third kappa shape index (κ3) is 3.45. The van der Waals surface area contributed by atoms with Gasteiger partial charge in [-0.05, 0) is 18.4 Å². The predicted octanol–water partition coefficient (Wildman–Crippen LogP) is 2.56. The first-order valence-electron chi connectivity index (χ1n) is 5.00. The summed E-state index contributed by atoms with van der Waals surface area (Å²) in [5.74, 6) is 0.694. The average Bonchev–Trinajstić information content (AvgIpc) is 2.23. The molecule has 0 bridgehead atoms. The van der Waals surface area contributed by atoms with Gasteiger partial charge < -0.3 is 5.73 Å². The smallest absolute Gasteiger partial charge is 0.245 e. The van der Waals surface area contributed by atoms with E-state index in [0.717, 1.165) is 0 Å². The number of nitrogens with two attached hydrogens (primary N) is 1. The zero-order chi connectivity index (χ0) is 13.9. The standard InChI is InChI=1S/C10H14Cl2N2O2S2/c1-14(3-4-17-2)18(15,16)10-8(11)5-7(13)6-9(10)12/h5-6H,3-4,13H2,1-2H3. The molecule has 0 spiro atoms. The van der Waals surface area contributed by atoms with Gasteiger partial charge in [0, 0.05) is 25.0 Å². The fraction of sp³-hybridized carbons (Fsp3) is 0.400.